The fourth-order valence-corrected chi connectivity index (χ4v) is 7.56. The number of rotatable bonds is 44. The average molecular weight is 851 g/mol. The van der Waals surface area contributed by atoms with Crippen LogP contribution in [0.25, 0.3) is 0 Å². The van der Waals surface area contributed by atoms with Gasteiger partial charge in [-0.2, -0.15) is 0 Å². The normalized spacial score (nSPS) is 14.6. The quantitative estimate of drug-likeness (QED) is 0.0274. The van der Waals surface area contributed by atoms with E-state index in [1.165, 1.54) is 122 Å². The van der Waals surface area contributed by atoms with Gasteiger partial charge in [0.15, 0.2) is 0 Å². The van der Waals surface area contributed by atoms with E-state index in [1.807, 2.05) is 27.2 Å². The first kappa shape index (κ1) is 57.5. The number of carbonyl (C=O) groups excluding carboxylic acids is 1. The first-order chi connectivity index (χ1) is 28.5. The number of phosphoric ester groups is 1. The fraction of sp³-hybridized carbons (Fsp3) is 0.820. The zero-order chi connectivity index (χ0) is 43.6. The van der Waals surface area contributed by atoms with Crippen LogP contribution in [0.5, 0.6) is 0 Å². The number of nitrogens with zero attached hydrogens (tertiary/aromatic N) is 1. The van der Waals surface area contributed by atoms with Gasteiger partial charge in [-0.05, 0) is 64.2 Å². The summed E-state index contributed by atoms with van der Waals surface area (Å²) in [6.45, 7) is 4.54. The molecule has 0 rings (SSSR count). The molecule has 0 aliphatic rings. The molecule has 0 radical (unpaired) electrons. The van der Waals surface area contributed by atoms with Gasteiger partial charge in [-0.1, -0.05) is 191 Å². The molecule has 1 amide bonds. The summed E-state index contributed by atoms with van der Waals surface area (Å²) in [6, 6.07) is -0.913. The van der Waals surface area contributed by atoms with E-state index in [9.17, 15) is 19.4 Å². The highest BCUT2D eigenvalue weighted by Crippen LogP contribution is 2.38. The Labute approximate surface area is 365 Å². The van der Waals surface area contributed by atoms with Crippen molar-refractivity contribution in [3.05, 3.63) is 48.6 Å². The average Bonchev–Trinajstić information content (AvgIpc) is 3.19. The number of hydrogen-bond acceptors (Lipinski definition) is 6. The van der Waals surface area contributed by atoms with Gasteiger partial charge in [0.25, 0.3) is 7.82 Å². The summed E-state index contributed by atoms with van der Waals surface area (Å²) in [4.78, 5) is 25.2. The van der Waals surface area contributed by atoms with Gasteiger partial charge >= 0.3 is 0 Å². The molecule has 0 fully saturated rings. The van der Waals surface area contributed by atoms with Crippen molar-refractivity contribution in [1.82, 2.24) is 5.32 Å². The Morgan fingerprint density at radius 2 is 0.983 bits per heavy atom. The van der Waals surface area contributed by atoms with Crippen molar-refractivity contribution in [1.29, 1.82) is 0 Å². The number of hydrogen-bond donors (Lipinski definition) is 2. The second-order valence-corrected chi connectivity index (χ2v) is 19.2. The highest BCUT2D eigenvalue weighted by Gasteiger charge is 2.23. The minimum absolute atomic E-state index is 0.0117. The molecule has 0 aliphatic heterocycles. The number of carbonyl (C=O) groups is 1. The van der Waals surface area contributed by atoms with Crippen LogP contribution in [-0.2, 0) is 18.4 Å². The molecular weight excluding hydrogens is 756 g/mol. The molecule has 9 heteroatoms. The minimum Gasteiger partial charge on any atom is -0.756 e. The number of phosphoric acid groups is 1. The van der Waals surface area contributed by atoms with Crippen molar-refractivity contribution in [3.63, 3.8) is 0 Å². The molecule has 0 aromatic carbocycles. The summed E-state index contributed by atoms with van der Waals surface area (Å²) < 4.78 is 23.2. The second kappa shape index (κ2) is 41.8. The molecule has 0 spiro atoms. The Bertz CT molecular complexity index is 1100. The Balaban J connectivity index is 4.27. The number of amides is 1. The maximum Gasteiger partial charge on any atom is 0.268 e. The molecule has 0 saturated heterocycles. The largest absolute Gasteiger partial charge is 0.756 e. The van der Waals surface area contributed by atoms with Crippen molar-refractivity contribution in [2.45, 2.75) is 225 Å². The van der Waals surface area contributed by atoms with Gasteiger partial charge in [-0.25, -0.2) is 0 Å². The van der Waals surface area contributed by atoms with Crippen LogP contribution in [0.3, 0.4) is 0 Å². The Kier molecular flexibility index (Phi) is 40.7. The van der Waals surface area contributed by atoms with Crippen molar-refractivity contribution >= 4 is 13.7 Å². The topological polar surface area (TPSA) is 108 Å². The molecule has 346 valence electrons. The molecule has 0 saturated carbocycles. The number of quaternary nitrogens is 1. The Morgan fingerprint density at radius 1 is 0.576 bits per heavy atom. The summed E-state index contributed by atoms with van der Waals surface area (Å²) in [7, 11) is 1.23. The second-order valence-electron chi connectivity index (χ2n) is 17.8. The van der Waals surface area contributed by atoms with Crippen LogP contribution in [0.1, 0.15) is 213 Å². The number of likely N-dealkylation sites (N-methyl/N-ethyl adjacent to an activating group) is 1. The van der Waals surface area contributed by atoms with Crippen LogP contribution in [0.4, 0.5) is 0 Å². The van der Waals surface area contributed by atoms with Crippen molar-refractivity contribution in [2.75, 3.05) is 40.9 Å². The molecule has 8 nitrogen and oxygen atoms in total. The lowest BCUT2D eigenvalue weighted by molar-refractivity contribution is -0.870. The summed E-state index contributed by atoms with van der Waals surface area (Å²) in [6.07, 6.45) is 53.4. The van der Waals surface area contributed by atoms with E-state index in [4.69, 9.17) is 9.05 Å². The van der Waals surface area contributed by atoms with Gasteiger partial charge < -0.3 is 28.8 Å². The standard InChI is InChI=1S/C50H95N2O6P/c1-6-8-10-12-14-16-18-19-20-21-22-23-24-25-26-27-28-29-30-31-32-33-34-35-37-39-41-43-49(53)48(47-58-59(55,56)57-46-45-52(3,4)5)51-50(54)44-42-40-38-36-17-15-13-11-9-7-2/h11,13,30-31,34-35,41,43,48-49,53H,6-10,12,14-29,32-33,36-40,42,44-47H2,1-5H3,(H-,51,54,55,56)/b13-11-,31-30+,35-34+,43-41+. The molecule has 0 aliphatic carbocycles. The monoisotopic (exact) mass is 851 g/mol. The van der Waals surface area contributed by atoms with Crippen molar-refractivity contribution in [2.24, 2.45) is 0 Å². The maximum absolute atomic E-state index is 12.8. The highest BCUT2D eigenvalue weighted by atomic mass is 31.2. The lowest BCUT2D eigenvalue weighted by Crippen LogP contribution is -2.45. The first-order valence-corrected chi connectivity index (χ1v) is 26.0. The van der Waals surface area contributed by atoms with Crippen molar-refractivity contribution < 1.29 is 32.9 Å². The number of unbranched alkanes of at least 4 members (excludes halogenated alkanes) is 25. The molecule has 59 heavy (non-hydrogen) atoms. The zero-order valence-electron chi connectivity index (χ0n) is 39.2. The molecule has 0 heterocycles. The summed E-state index contributed by atoms with van der Waals surface area (Å²) in [5.41, 5.74) is 0. The van der Waals surface area contributed by atoms with Gasteiger partial charge in [0.1, 0.15) is 13.2 Å². The summed E-state index contributed by atoms with van der Waals surface area (Å²) >= 11 is 0. The predicted molar refractivity (Wildman–Crippen MR) is 251 cm³/mol. The third-order valence-electron chi connectivity index (χ3n) is 10.7. The number of nitrogens with one attached hydrogen (secondary N) is 1. The number of aliphatic hydroxyl groups is 1. The Hall–Kier alpha value is -1.54. The molecule has 0 aromatic heterocycles. The summed E-state index contributed by atoms with van der Waals surface area (Å²) in [5, 5.41) is 13.7. The summed E-state index contributed by atoms with van der Waals surface area (Å²) in [5.74, 6) is -0.225. The van der Waals surface area contributed by atoms with E-state index in [-0.39, 0.29) is 12.5 Å². The van der Waals surface area contributed by atoms with E-state index in [0.29, 0.717) is 17.4 Å². The van der Waals surface area contributed by atoms with Gasteiger partial charge in [0, 0.05) is 6.42 Å². The van der Waals surface area contributed by atoms with Gasteiger partial charge in [0.05, 0.1) is 39.9 Å². The number of aliphatic hydroxyl groups excluding tert-OH is 1. The van der Waals surface area contributed by atoms with Gasteiger partial charge in [-0.15, -0.1) is 0 Å². The van der Waals surface area contributed by atoms with Gasteiger partial charge in [0.2, 0.25) is 5.91 Å². The van der Waals surface area contributed by atoms with Crippen LogP contribution in [-0.4, -0.2) is 68.5 Å². The molecule has 3 unspecified atom stereocenters. The molecule has 3 atom stereocenters. The predicted octanol–water partition coefficient (Wildman–Crippen LogP) is 13.4. The van der Waals surface area contributed by atoms with Crippen LogP contribution in [0.2, 0.25) is 0 Å². The molecule has 2 N–H and O–H groups in total. The van der Waals surface area contributed by atoms with Crippen LogP contribution < -0.4 is 10.2 Å². The van der Waals surface area contributed by atoms with Crippen molar-refractivity contribution in [3.8, 4) is 0 Å². The lowest BCUT2D eigenvalue weighted by Gasteiger charge is -2.29. The SMILES string of the molecule is CCC/C=C\CCCCCCCC(=O)NC(COP(=O)([O-])OCC[N+](C)(C)C)C(O)/C=C/CC/C=C/CC/C=C/CCCCCCCCCCCCCCCCCCC. The minimum atomic E-state index is -4.60. The first-order valence-electron chi connectivity index (χ1n) is 24.5. The number of allylic oxidation sites excluding steroid dienone is 7. The van der Waals surface area contributed by atoms with E-state index in [1.54, 1.807) is 6.08 Å². The fourth-order valence-electron chi connectivity index (χ4n) is 6.83. The third-order valence-corrected chi connectivity index (χ3v) is 11.7. The third kappa shape index (κ3) is 44.3. The molecule has 0 bridgehead atoms. The van der Waals surface area contributed by atoms with Crippen LogP contribution >= 0.6 is 7.82 Å². The zero-order valence-corrected chi connectivity index (χ0v) is 40.1. The Morgan fingerprint density at radius 3 is 1.44 bits per heavy atom. The van der Waals surface area contributed by atoms with Crippen LogP contribution in [0.15, 0.2) is 48.6 Å². The van der Waals surface area contributed by atoms with E-state index < -0.39 is 26.6 Å². The lowest BCUT2D eigenvalue weighted by atomic mass is 10.0. The highest BCUT2D eigenvalue weighted by molar-refractivity contribution is 7.45. The van der Waals surface area contributed by atoms with Crippen LogP contribution in [0, 0.1) is 0 Å². The van der Waals surface area contributed by atoms with E-state index in [2.05, 4.69) is 55.6 Å². The molecule has 0 aromatic rings. The van der Waals surface area contributed by atoms with E-state index >= 15 is 0 Å². The smallest absolute Gasteiger partial charge is 0.268 e. The van der Waals surface area contributed by atoms with E-state index in [0.717, 1.165) is 70.6 Å². The van der Waals surface area contributed by atoms with Gasteiger partial charge in [-0.3, -0.25) is 9.36 Å². The molecular formula is C50H95N2O6P. The maximum atomic E-state index is 12.8.